The Bertz CT molecular complexity index is 417. The zero-order chi connectivity index (χ0) is 14.6. The fraction of sp³-hybridized carbons (Fsp3) is 0.562. The number of carboxylic acid groups (broad SMARTS) is 1. The lowest BCUT2D eigenvalue weighted by Crippen LogP contribution is -2.37. The molecule has 2 unspecified atom stereocenters. The van der Waals surface area contributed by atoms with Crippen molar-refractivity contribution >= 4 is 5.97 Å². The summed E-state index contributed by atoms with van der Waals surface area (Å²) >= 11 is 0. The molecule has 2 N–H and O–H groups in total. The van der Waals surface area contributed by atoms with E-state index in [-0.39, 0.29) is 5.41 Å². The molecule has 106 valence electrons. The minimum Gasteiger partial charge on any atom is -0.481 e. The summed E-state index contributed by atoms with van der Waals surface area (Å²) in [4.78, 5) is 10.9. The van der Waals surface area contributed by atoms with Crippen molar-refractivity contribution in [3.05, 3.63) is 35.4 Å². The highest BCUT2D eigenvalue weighted by Crippen LogP contribution is 2.19. The summed E-state index contributed by atoms with van der Waals surface area (Å²) in [7, 11) is 0. The van der Waals surface area contributed by atoms with Gasteiger partial charge >= 0.3 is 5.97 Å². The largest absolute Gasteiger partial charge is 0.481 e. The Balaban J connectivity index is 2.61. The normalized spacial score (nSPS) is 15.0. The molecule has 3 heteroatoms. The van der Waals surface area contributed by atoms with Gasteiger partial charge < -0.3 is 10.4 Å². The van der Waals surface area contributed by atoms with Gasteiger partial charge in [0.05, 0.1) is 5.92 Å². The molecule has 0 amide bonds. The second kappa shape index (κ2) is 6.20. The minimum absolute atomic E-state index is 0.234. The Morgan fingerprint density at radius 1 is 1.21 bits per heavy atom. The molecule has 0 saturated heterocycles. The Morgan fingerprint density at radius 2 is 1.74 bits per heavy atom. The number of benzene rings is 1. The molecular formula is C16H25NO2. The van der Waals surface area contributed by atoms with Crippen molar-refractivity contribution < 1.29 is 9.90 Å². The van der Waals surface area contributed by atoms with E-state index in [1.807, 2.05) is 24.3 Å². The van der Waals surface area contributed by atoms with Crippen LogP contribution in [0.1, 0.15) is 51.7 Å². The summed E-state index contributed by atoms with van der Waals surface area (Å²) in [5.74, 6) is -1.23. The van der Waals surface area contributed by atoms with Crippen molar-refractivity contribution in [3.63, 3.8) is 0 Å². The first-order valence-corrected chi connectivity index (χ1v) is 6.77. The number of aliphatic carboxylic acids is 1. The maximum atomic E-state index is 10.9. The molecule has 0 fully saturated rings. The van der Waals surface area contributed by atoms with Crippen LogP contribution in [0.4, 0.5) is 0 Å². The van der Waals surface area contributed by atoms with Crippen molar-refractivity contribution in [1.82, 2.24) is 5.32 Å². The highest BCUT2D eigenvalue weighted by Gasteiger charge is 2.19. The first-order valence-electron chi connectivity index (χ1n) is 6.77. The average molecular weight is 263 g/mol. The van der Waals surface area contributed by atoms with Crippen LogP contribution in [0.3, 0.4) is 0 Å². The van der Waals surface area contributed by atoms with Crippen LogP contribution in [-0.4, -0.2) is 17.1 Å². The molecule has 1 aromatic rings. The molecule has 2 atom stereocenters. The number of carbonyl (C=O) groups is 1. The van der Waals surface area contributed by atoms with Crippen molar-refractivity contribution in [1.29, 1.82) is 0 Å². The van der Waals surface area contributed by atoms with Crippen LogP contribution in [0.2, 0.25) is 0 Å². The third-order valence-corrected chi connectivity index (χ3v) is 3.76. The molecule has 0 aromatic heterocycles. The maximum absolute atomic E-state index is 10.9. The van der Waals surface area contributed by atoms with Crippen LogP contribution in [-0.2, 0) is 11.3 Å². The first-order chi connectivity index (χ1) is 8.71. The number of hydrogen-bond acceptors (Lipinski definition) is 2. The van der Waals surface area contributed by atoms with Gasteiger partial charge in [-0.05, 0) is 30.4 Å². The smallest absolute Gasteiger partial charge is 0.310 e. The molecule has 0 aliphatic rings. The van der Waals surface area contributed by atoms with Crippen molar-refractivity contribution in [2.24, 2.45) is 5.41 Å². The van der Waals surface area contributed by atoms with E-state index in [2.05, 4.69) is 33.0 Å². The second-order valence-electron chi connectivity index (χ2n) is 6.27. The third-order valence-electron chi connectivity index (χ3n) is 3.76. The van der Waals surface area contributed by atoms with Gasteiger partial charge in [0.1, 0.15) is 0 Å². The summed E-state index contributed by atoms with van der Waals surface area (Å²) in [5.41, 5.74) is 2.26. The molecule has 0 radical (unpaired) electrons. The Kier molecular flexibility index (Phi) is 5.12. The number of rotatable bonds is 5. The van der Waals surface area contributed by atoms with Gasteiger partial charge in [0.2, 0.25) is 0 Å². The quantitative estimate of drug-likeness (QED) is 0.856. The van der Waals surface area contributed by atoms with E-state index in [4.69, 9.17) is 5.11 Å². The van der Waals surface area contributed by atoms with Crippen molar-refractivity contribution in [3.8, 4) is 0 Å². The topological polar surface area (TPSA) is 49.3 Å². The summed E-state index contributed by atoms with van der Waals surface area (Å²) < 4.78 is 0. The average Bonchev–Trinajstić information content (AvgIpc) is 2.34. The molecule has 1 rings (SSSR count). The minimum atomic E-state index is -0.785. The highest BCUT2D eigenvalue weighted by molar-refractivity contribution is 5.75. The summed E-state index contributed by atoms with van der Waals surface area (Å²) in [5, 5.41) is 12.5. The number of nitrogens with one attached hydrogen (secondary N) is 1. The molecule has 19 heavy (non-hydrogen) atoms. The predicted octanol–water partition coefficient (Wildman–Crippen LogP) is 3.40. The lowest BCUT2D eigenvalue weighted by Gasteiger charge is -2.28. The van der Waals surface area contributed by atoms with Gasteiger partial charge in [0.25, 0.3) is 0 Å². The molecule has 3 nitrogen and oxygen atoms in total. The van der Waals surface area contributed by atoms with Crippen molar-refractivity contribution in [2.45, 2.75) is 53.1 Å². The van der Waals surface area contributed by atoms with E-state index < -0.39 is 11.9 Å². The van der Waals surface area contributed by atoms with Gasteiger partial charge in [-0.2, -0.15) is 0 Å². The molecular weight excluding hydrogens is 238 g/mol. The van der Waals surface area contributed by atoms with Gasteiger partial charge in [-0.15, -0.1) is 0 Å². The van der Waals surface area contributed by atoms with Crippen LogP contribution in [0, 0.1) is 5.41 Å². The summed E-state index contributed by atoms with van der Waals surface area (Å²) in [6.45, 7) is 11.3. The molecule has 0 aliphatic heterocycles. The van der Waals surface area contributed by atoms with Crippen LogP contribution in [0.5, 0.6) is 0 Å². The van der Waals surface area contributed by atoms with Gasteiger partial charge in [-0.1, -0.05) is 45.0 Å². The van der Waals surface area contributed by atoms with Crippen LogP contribution in [0.25, 0.3) is 0 Å². The summed E-state index contributed by atoms with van der Waals surface area (Å²) in [6.07, 6.45) is 0. The molecule has 0 heterocycles. The van der Waals surface area contributed by atoms with Gasteiger partial charge in [-0.25, -0.2) is 0 Å². The van der Waals surface area contributed by atoms with E-state index in [1.165, 1.54) is 5.56 Å². The lowest BCUT2D eigenvalue weighted by atomic mass is 9.88. The van der Waals surface area contributed by atoms with E-state index in [9.17, 15) is 4.79 Å². The number of hydrogen-bond donors (Lipinski definition) is 2. The Labute approximate surface area is 116 Å². The molecule has 0 bridgehead atoms. The second-order valence-corrected chi connectivity index (χ2v) is 6.27. The van der Waals surface area contributed by atoms with Gasteiger partial charge in [0.15, 0.2) is 0 Å². The third kappa shape index (κ3) is 4.67. The van der Waals surface area contributed by atoms with Gasteiger partial charge in [-0.3, -0.25) is 4.79 Å². The highest BCUT2D eigenvalue weighted by atomic mass is 16.4. The van der Waals surface area contributed by atoms with Gasteiger partial charge in [0, 0.05) is 12.6 Å². The Morgan fingerprint density at radius 3 is 2.16 bits per heavy atom. The number of carboxylic acids is 1. The molecule has 0 spiro atoms. The van der Waals surface area contributed by atoms with Crippen molar-refractivity contribution in [2.75, 3.05) is 0 Å². The fourth-order valence-corrected chi connectivity index (χ4v) is 1.64. The standard InChI is InChI=1S/C16H25NO2/c1-11(15(18)19)14-8-6-13(7-9-14)10-17-12(2)16(3,4)5/h6-9,11-12,17H,10H2,1-5H3,(H,18,19). The first kappa shape index (κ1) is 15.7. The van der Waals surface area contributed by atoms with E-state index in [0.29, 0.717) is 6.04 Å². The SMILES string of the molecule is CC(C(=O)O)c1ccc(CNC(C)C(C)(C)C)cc1. The van der Waals surface area contributed by atoms with E-state index in [1.54, 1.807) is 6.92 Å². The molecule has 0 aliphatic carbocycles. The molecule has 1 aromatic carbocycles. The maximum Gasteiger partial charge on any atom is 0.310 e. The zero-order valence-corrected chi connectivity index (χ0v) is 12.5. The van der Waals surface area contributed by atoms with E-state index >= 15 is 0 Å². The molecule has 0 saturated carbocycles. The lowest BCUT2D eigenvalue weighted by molar-refractivity contribution is -0.138. The Hall–Kier alpha value is -1.35. The summed E-state index contributed by atoms with van der Waals surface area (Å²) in [6, 6.07) is 8.22. The fourth-order valence-electron chi connectivity index (χ4n) is 1.64. The van der Waals surface area contributed by atoms with Crippen LogP contribution >= 0.6 is 0 Å². The monoisotopic (exact) mass is 263 g/mol. The van der Waals surface area contributed by atoms with E-state index in [0.717, 1.165) is 12.1 Å². The predicted molar refractivity (Wildman–Crippen MR) is 78.2 cm³/mol. The van der Waals surface area contributed by atoms with Crippen LogP contribution in [0.15, 0.2) is 24.3 Å². The van der Waals surface area contributed by atoms with Crippen LogP contribution < -0.4 is 5.32 Å². The zero-order valence-electron chi connectivity index (χ0n) is 12.5.